The summed E-state index contributed by atoms with van der Waals surface area (Å²) in [5, 5.41) is 2.61. The number of aromatic nitrogens is 1. The van der Waals surface area contributed by atoms with Crippen LogP contribution in [0.25, 0.3) is 0 Å². The van der Waals surface area contributed by atoms with Crippen molar-refractivity contribution in [3.05, 3.63) is 88.6 Å². The van der Waals surface area contributed by atoms with Gasteiger partial charge < -0.3 is 19.5 Å². The summed E-state index contributed by atoms with van der Waals surface area (Å²) < 4.78 is 5.06. The molecule has 0 unspecified atom stereocenters. The van der Waals surface area contributed by atoms with Crippen molar-refractivity contribution < 1.29 is 18.8 Å². The second kappa shape index (κ2) is 9.74. The first-order valence-corrected chi connectivity index (χ1v) is 11.9. The normalized spacial score (nSPS) is 15.7. The Morgan fingerprint density at radius 1 is 0.971 bits per heavy atom. The van der Waals surface area contributed by atoms with Gasteiger partial charge in [-0.2, -0.15) is 0 Å². The van der Waals surface area contributed by atoms with Crippen LogP contribution >= 0.6 is 0 Å². The number of amides is 3. The molecule has 3 aromatic rings. The number of piperidine rings is 1. The van der Waals surface area contributed by atoms with E-state index in [2.05, 4.69) is 17.4 Å². The molecular weight excluding hydrogens is 444 g/mol. The van der Waals surface area contributed by atoms with E-state index in [0.717, 1.165) is 24.2 Å². The van der Waals surface area contributed by atoms with Gasteiger partial charge >= 0.3 is 0 Å². The largest absolute Gasteiger partial charge is 0.459 e. The number of aryl methyl sites for hydroxylation is 1. The van der Waals surface area contributed by atoms with Crippen LogP contribution < -0.4 is 5.32 Å². The molecule has 0 spiro atoms. The van der Waals surface area contributed by atoms with Crippen LogP contribution in [-0.2, 0) is 17.9 Å². The van der Waals surface area contributed by atoms with Crippen LogP contribution in [0.2, 0.25) is 0 Å². The van der Waals surface area contributed by atoms with Crippen molar-refractivity contribution in [1.29, 1.82) is 0 Å². The van der Waals surface area contributed by atoms with Crippen molar-refractivity contribution >= 4 is 17.7 Å². The third-order valence-corrected chi connectivity index (χ3v) is 6.80. The van der Waals surface area contributed by atoms with Crippen LogP contribution in [0.15, 0.2) is 59.2 Å². The summed E-state index contributed by atoms with van der Waals surface area (Å²) in [5.74, 6) is -0.259. The summed E-state index contributed by atoms with van der Waals surface area (Å²) in [4.78, 5) is 46.5. The van der Waals surface area contributed by atoms with E-state index < -0.39 is 5.91 Å². The van der Waals surface area contributed by atoms with Gasteiger partial charge in [0.1, 0.15) is 0 Å². The molecule has 1 fully saturated rings. The van der Waals surface area contributed by atoms with Crippen LogP contribution in [0.4, 0.5) is 0 Å². The third kappa shape index (κ3) is 4.82. The lowest BCUT2D eigenvalue weighted by molar-refractivity contribution is -0.131. The highest BCUT2D eigenvalue weighted by Crippen LogP contribution is 2.32. The van der Waals surface area contributed by atoms with E-state index in [1.807, 2.05) is 36.1 Å². The predicted octanol–water partition coefficient (Wildman–Crippen LogP) is 3.28. The van der Waals surface area contributed by atoms with Gasteiger partial charge in [-0.15, -0.1) is 0 Å². The number of rotatable bonds is 5. The number of fused-ring (bicyclic) bond motifs is 1. The van der Waals surface area contributed by atoms with Crippen molar-refractivity contribution in [3.8, 4) is 0 Å². The first-order chi connectivity index (χ1) is 17.0. The molecule has 5 rings (SSSR count). The van der Waals surface area contributed by atoms with Gasteiger partial charge in [-0.1, -0.05) is 24.3 Å². The van der Waals surface area contributed by atoms with Crippen molar-refractivity contribution in [1.82, 2.24) is 20.1 Å². The maximum absolute atomic E-state index is 13.5. The van der Waals surface area contributed by atoms with E-state index in [0.29, 0.717) is 31.7 Å². The number of nitrogens with zero attached hydrogens (tertiary/aromatic N) is 3. The molecule has 0 aliphatic carbocycles. The second-order valence-corrected chi connectivity index (χ2v) is 9.13. The smallest absolute Gasteiger partial charge is 0.287 e. The Labute approximate surface area is 203 Å². The molecule has 180 valence electrons. The second-order valence-electron chi connectivity index (χ2n) is 9.13. The molecule has 1 saturated heterocycles. The van der Waals surface area contributed by atoms with E-state index in [-0.39, 0.29) is 30.0 Å². The summed E-state index contributed by atoms with van der Waals surface area (Å²) in [6.45, 7) is 4.19. The van der Waals surface area contributed by atoms with Crippen molar-refractivity contribution in [2.24, 2.45) is 0 Å². The fourth-order valence-corrected chi connectivity index (χ4v) is 4.88. The first-order valence-electron chi connectivity index (χ1n) is 11.9. The average molecular weight is 473 g/mol. The van der Waals surface area contributed by atoms with Crippen molar-refractivity contribution in [3.63, 3.8) is 0 Å². The van der Waals surface area contributed by atoms with Gasteiger partial charge in [0.25, 0.3) is 11.8 Å². The van der Waals surface area contributed by atoms with Gasteiger partial charge in [0, 0.05) is 37.8 Å². The monoisotopic (exact) mass is 472 g/mol. The zero-order chi connectivity index (χ0) is 24.4. The molecule has 0 radical (unpaired) electrons. The van der Waals surface area contributed by atoms with Gasteiger partial charge in [0.2, 0.25) is 5.91 Å². The number of carbonyl (C=O) groups is 3. The summed E-state index contributed by atoms with van der Waals surface area (Å²) >= 11 is 0. The van der Waals surface area contributed by atoms with Crippen LogP contribution in [-0.4, -0.2) is 52.1 Å². The highest BCUT2D eigenvalue weighted by molar-refractivity contribution is 5.96. The number of hydrogen-bond acceptors (Lipinski definition) is 5. The Kier molecular flexibility index (Phi) is 6.35. The van der Waals surface area contributed by atoms with Gasteiger partial charge in [-0.3, -0.25) is 19.4 Å². The number of furan rings is 1. The number of pyridine rings is 1. The van der Waals surface area contributed by atoms with Gasteiger partial charge in [-0.05, 0) is 55.2 Å². The summed E-state index contributed by atoms with van der Waals surface area (Å²) in [5.41, 5.74) is 4.73. The van der Waals surface area contributed by atoms with E-state index in [9.17, 15) is 14.4 Å². The Hall–Kier alpha value is -3.94. The number of nitrogens with one attached hydrogen (secondary N) is 1. The molecule has 1 aromatic carbocycles. The lowest BCUT2D eigenvalue weighted by Crippen LogP contribution is -2.44. The summed E-state index contributed by atoms with van der Waals surface area (Å²) in [6.07, 6.45) is 2.85. The number of benzene rings is 1. The Bertz CT molecular complexity index is 1220. The minimum absolute atomic E-state index is 0.00263. The van der Waals surface area contributed by atoms with Crippen LogP contribution in [0.1, 0.15) is 62.2 Å². The highest BCUT2D eigenvalue weighted by Gasteiger charge is 2.31. The van der Waals surface area contributed by atoms with Gasteiger partial charge in [-0.25, -0.2) is 0 Å². The molecule has 3 amide bonds. The molecule has 1 N–H and O–H groups in total. The first kappa shape index (κ1) is 22.8. The summed E-state index contributed by atoms with van der Waals surface area (Å²) in [7, 11) is 0. The highest BCUT2D eigenvalue weighted by atomic mass is 16.3. The van der Waals surface area contributed by atoms with Crippen molar-refractivity contribution in [2.45, 2.75) is 38.8 Å². The Balaban J connectivity index is 1.22. The molecule has 8 heteroatoms. The fraction of sp³-hybridized carbons (Fsp3) is 0.333. The fourth-order valence-electron chi connectivity index (χ4n) is 4.88. The number of carbonyl (C=O) groups excluding carboxylic acids is 3. The Morgan fingerprint density at radius 2 is 1.69 bits per heavy atom. The zero-order valence-corrected chi connectivity index (χ0v) is 19.7. The number of hydrogen-bond donors (Lipinski definition) is 1. The molecule has 0 saturated carbocycles. The number of likely N-dealkylation sites (tertiary alicyclic amines) is 1. The summed E-state index contributed by atoms with van der Waals surface area (Å²) in [6, 6.07) is 15.1. The minimum atomic E-state index is -0.408. The molecule has 2 aliphatic heterocycles. The Morgan fingerprint density at radius 3 is 2.34 bits per heavy atom. The van der Waals surface area contributed by atoms with E-state index in [1.54, 1.807) is 17.0 Å². The van der Waals surface area contributed by atoms with Crippen molar-refractivity contribution in [2.75, 3.05) is 19.6 Å². The molecule has 8 nitrogen and oxygen atoms in total. The lowest BCUT2D eigenvalue weighted by atomic mass is 9.89. The zero-order valence-electron chi connectivity index (χ0n) is 19.7. The SMILES string of the molecule is Cc1ccc(C(=O)N2Cc3ccccc3C2)c(C2CCN(C(=O)CNC(=O)c3ccco3)CC2)n1. The quantitative estimate of drug-likeness (QED) is 0.615. The van der Waals surface area contributed by atoms with Crippen LogP contribution in [0.3, 0.4) is 0 Å². The average Bonchev–Trinajstić information content (AvgIpc) is 3.57. The van der Waals surface area contributed by atoms with Crippen LogP contribution in [0.5, 0.6) is 0 Å². The predicted molar refractivity (Wildman–Crippen MR) is 129 cm³/mol. The molecule has 2 aliphatic rings. The molecule has 0 bridgehead atoms. The van der Waals surface area contributed by atoms with Crippen LogP contribution in [0, 0.1) is 6.92 Å². The van der Waals surface area contributed by atoms with E-state index >= 15 is 0 Å². The maximum atomic E-state index is 13.5. The minimum Gasteiger partial charge on any atom is -0.459 e. The van der Waals surface area contributed by atoms with Gasteiger partial charge in [0.15, 0.2) is 5.76 Å². The maximum Gasteiger partial charge on any atom is 0.287 e. The van der Waals surface area contributed by atoms with Gasteiger partial charge in [0.05, 0.1) is 24.1 Å². The molecule has 4 heterocycles. The molecule has 35 heavy (non-hydrogen) atoms. The standard InChI is InChI=1S/C27H28N4O4/c1-18-8-9-22(27(34)31-16-20-5-2-3-6-21(20)17-31)25(29-18)19-10-12-30(13-11-19)24(32)15-28-26(33)23-7-4-14-35-23/h2-9,14,19H,10-13,15-17H2,1H3,(H,28,33). The van der Waals surface area contributed by atoms with E-state index in [4.69, 9.17) is 9.40 Å². The third-order valence-electron chi connectivity index (χ3n) is 6.80. The lowest BCUT2D eigenvalue weighted by Gasteiger charge is -2.33. The van der Waals surface area contributed by atoms with E-state index in [1.165, 1.54) is 17.4 Å². The topological polar surface area (TPSA) is 95.8 Å². The molecule has 2 aromatic heterocycles. The molecule has 0 atom stereocenters. The molecular formula is C27H28N4O4.